The van der Waals surface area contributed by atoms with Gasteiger partial charge in [-0.05, 0) is 95.7 Å². The Morgan fingerprint density at radius 3 is 1.64 bits per heavy atom. The van der Waals surface area contributed by atoms with Gasteiger partial charge in [-0.25, -0.2) is 0 Å². The van der Waals surface area contributed by atoms with E-state index in [1.165, 1.54) is 16.7 Å². The first-order valence-electron chi connectivity index (χ1n) is 11.6. The molecular formula is C28H35O2PS2. The van der Waals surface area contributed by atoms with Crippen molar-refractivity contribution >= 4 is 28.9 Å². The first-order chi connectivity index (χ1) is 15.7. The Morgan fingerprint density at radius 2 is 1.18 bits per heavy atom. The standard InChI is InChI=1S/C28H35O2PS2/c1-21(2)17-24-11-9-15-27(19-24)29-31(32,33-23(5)26-13-7-6-8-14-26)30-28-16-10-12-25(20-28)18-22(3)4/h6-16,19-23H,17-18H2,1-5H3. The molecule has 0 N–H and O–H groups in total. The van der Waals surface area contributed by atoms with Crippen LogP contribution in [0.5, 0.6) is 11.5 Å². The van der Waals surface area contributed by atoms with Crippen molar-refractivity contribution < 1.29 is 9.05 Å². The molecule has 0 saturated carbocycles. The molecule has 3 aromatic rings. The van der Waals surface area contributed by atoms with Gasteiger partial charge in [-0.1, -0.05) is 82.3 Å². The lowest BCUT2D eigenvalue weighted by Crippen LogP contribution is -2.02. The van der Waals surface area contributed by atoms with E-state index in [1.807, 2.05) is 30.3 Å². The van der Waals surface area contributed by atoms with E-state index >= 15 is 0 Å². The second kappa shape index (κ2) is 12.1. The maximum atomic E-state index is 6.51. The summed E-state index contributed by atoms with van der Waals surface area (Å²) in [4.78, 5) is 0. The third-order valence-corrected chi connectivity index (χ3v) is 10.2. The van der Waals surface area contributed by atoms with Crippen molar-refractivity contribution in [2.75, 3.05) is 0 Å². The Bertz CT molecular complexity index is 1010. The van der Waals surface area contributed by atoms with Crippen molar-refractivity contribution in [3.63, 3.8) is 0 Å². The van der Waals surface area contributed by atoms with Crippen molar-refractivity contribution in [2.45, 2.75) is 52.7 Å². The molecule has 0 aliphatic carbocycles. The fraction of sp³-hybridized carbons (Fsp3) is 0.357. The van der Waals surface area contributed by atoms with Crippen LogP contribution >= 0.6 is 17.1 Å². The van der Waals surface area contributed by atoms with Crippen LogP contribution in [0.4, 0.5) is 0 Å². The van der Waals surface area contributed by atoms with Crippen LogP contribution in [0.3, 0.4) is 0 Å². The van der Waals surface area contributed by atoms with Crippen LogP contribution < -0.4 is 9.05 Å². The summed E-state index contributed by atoms with van der Waals surface area (Å²) in [6.45, 7) is 11.1. The Morgan fingerprint density at radius 1 is 0.697 bits per heavy atom. The van der Waals surface area contributed by atoms with Gasteiger partial charge in [-0.2, -0.15) is 0 Å². The molecule has 0 amide bonds. The van der Waals surface area contributed by atoms with Gasteiger partial charge in [0.2, 0.25) is 0 Å². The predicted octanol–water partition coefficient (Wildman–Crippen LogP) is 9.26. The molecule has 176 valence electrons. The monoisotopic (exact) mass is 498 g/mol. The lowest BCUT2D eigenvalue weighted by molar-refractivity contribution is 0.504. The van der Waals surface area contributed by atoms with E-state index in [0.29, 0.717) is 11.8 Å². The highest BCUT2D eigenvalue weighted by Gasteiger charge is 2.28. The molecule has 3 aromatic carbocycles. The number of rotatable bonds is 11. The second-order valence-electron chi connectivity index (χ2n) is 9.28. The summed E-state index contributed by atoms with van der Waals surface area (Å²) in [5.74, 6) is 2.72. The average Bonchev–Trinajstić information content (AvgIpc) is 2.73. The minimum Gasteiger partial charge on any atom is -0.428 e. The topological polar surface area (TPSA) is 18.5 Å². The summed E-state index contributed by atoms with van der Waals surface area (Å²) in [6.07, 6.45) is 2.01. The van der Waals surface area contributed by atoms with E-state index in [0.717, 1.165) is 24.3 Å². The summed E-state index contributed by atoms with van der Waals surface area (Å²) >= 11 is 7.74. The van der Waals surface area contributed by atoms with E-state index < -0.39 is 5.69 Å². The normalized spacial score (nSPS) is 12.7. The first-order valence-corrected chi connectivity index (χ1v) is 15.7. The van der Waals surface area contributed by atoms with Crippen LogP contribution in [0.2, 0.25) is 0 Å². The Balaban J connectivity index is 1.88. The molecule has 0 spiro atoms. The fourth-order valence-corrected chi connectivity index (χ4v) is 9.21. The van der Waals surface area contributed by atoms with Crippen molar-refractivity contribution in [3.8, 4) is 11.5 Å². The van der Waals surface area contributed by atoms with Crippen molar-refractivity contribution in [2.24, 2.45) is 11.8 Å². The van der Waals surface area contributed by atoms with E-state index in [4.69, 9.17) is 20.9 Å². The molecule has 5 heteroatoms. The zero-order valence-corrected chi connectivity index (χ0v) is 22.8. The molecule has 0 aliphatic heterocycles. The highest BCUT2D eigenvalue weighted by atomic mass is 32.9. The number of hydrogen-bond acceptors (Lipinski definition) is 4. The minimum atomic E-state index is -2.74. The highest BCUT2D eigenvalue weighted by molar-refractivity contribution is 8.68. The van der Waals surface area contributed by atoms with Crippen LogP contribution in [-0.4, -0.2) is 0 Å². The van der Waals surface area contributed by atoms with Gasteiger partial charge >= 0.3 is 5.69 Å². The summed E-state index contributed by atoms with van der Waals surface area (Å²) < 4.78 is 13.0. The molecule has 1 atom stereocenters. The van der Waals surface area contributed by atoms with Crippen LogP contribution in [0.15, 0.2) is 78.9 Å². The lowest BCUT2D eigenvalue weighted by Gasteiger charge is -2.26. The van der Waals surface area contributed by atoms with Crippen LogP contribution in [0.1, 0.15) is 56.6 Å². The molecular weight excluding hydrogens is 463 g/mol. The molecule has 1 unspecified atom stereocenters. The van der Waals surface area contributed by atoms with Crippen LogP contribution in [0.25, 0.3) is 0 Å². The molecule has 2 nitrogen and oxygen atoms in total. The summed E-state index contributed by atoms with van der Waals surface area (Å²) in [5, 5.41) is 0.148. The van der Waals surface area contributed by atoms with E-state index in [2.05, 4.69) is 83.1 Å². The van der Waals surface area contributed by atoms with Gasteiger partial charge in [-0.15, -0.1) is 0 Å². The smallest absolute Gasteiger partial charge is 0.349 e. The highest BCUT2D eigenvalue weighted by Crippen LogP contribution is 2.64. The maximum Gasteiger partial charge on any atom is 0.349 e. The van der Waals surface area contributed by atoms with E-state index in [-0.39, 0.29) is 5.25 Å². The molecule has 3 rings (SSSR count). The third kappa shape index (κ3) is 8.52. The van der Waals surface area contributed by atoms with Gasteiger partial charge in [0.05, 0.1) is 0 Å². The quantitative estimate of drug-likeness (QED) is 0.245. The second-order valence-corrected chi connectivity index (χ2v) is 15.7. The third-order valence-electron chi connectivity index (χ3n) is 5.08. The molecule has 0 saturated heterocycles. The molecule has 33 heavy (non-hydrogen) atoms. The molecule has 0 radical (unpaired) electrons. The van der Waals surface area contributed by atoms with E-state index in [9.17, 15) is 0 Å². The fourth-order valence-electron chi connectivity index (χ4n) is 3.70. The Kier molecular flexibility index (Phi) is 9.49. The molecule has 0 bridgehead atoms. The van der Waals surface area contributed by atoms with Gasteiger partial charge in [0.1, 0.15) is 11.5 Å². The molecule has 0 fully saturated rings. The van der Waals surface area contributed by atoms with Crippen molar-refractivity contribution in [1.82, 2.24) is 0 Å². The van der Waals surface area contributed by atoms with Gasteiger partial charge in [-0.3, -0.25) is 0 Å². The molecule has 0 aliphatic rings. The Hall–Kier alpha value is -1.74. The van der Waals surface area contributed by atoms with Crippen LogP contribution in [-0.2, 0) is 24.6 Å². The van der Waals surface area contributed by atoms with E-state index in [1.54, 1.807) is 11.4 Å². The lowest BCUT2D eigenvalue weighted by atomic mass is 10.0. The van der Waals surface area contributed by atoms with Gasteiger partial charge in [0, 0.05) is 5.25 Å². The maximum absolute atomic E-state index is 6.51. The van der Waals surface area contributed by atoms with Crippen molar-refractivity contribution in [1.29, 1.82) is 0 Å². The molecule has 0 heterocycles. The predicted molar refractivity (Wildman–Crippen MR) is 148 cm³/mol. The van der Waals surface area contributed by atoms with Gasteiger partial charge in [0.25, 0.3) is 0 Å². The average molecular weight is 499 g/mol. The zero-order valence-electron chi connectivity index (χ0n) is 20.2. The molecule has 0 aromatic heterocycles. The zero-order chi connectivity index (χ0) is 23.8. The van der Waals surface area contributed by atoms with Gasteiger partial charge in [0.15, 0.2) is 0 Å². The summed E-state index contributed by atoms with van der Waals surface area (Å²) in [5.41, 5.74) is 0.979. The van der Waals surface area contributed by atoms with Crippen molar-refractivity contribution in [3.05, 3.63) is 95.6 Å². The SMILES string of the molecule is CC(C)Cc1cccc(OP(=S)(Oc2cccc(CC(C)C)c2)SC(C)c2ccccc2)c1. The summed E-state index contributed by atoms with van der Waals surface area (Å²) in [6, 6.07) is 27.0. The largest absolute Gasteiger partial charge is 0.428 e. The van der Waals surface area contributed by atoms with Gasteiger partial charge < -0.3 is 9.05 Å². The number of benzene rings is 3. The number of hydrogen-bond donors (Lipinski definition) is 0. The Labute approximate surface area is 209 Å². The first kappa shape index (κ1) is 25.9. The van der Waals surface area contributed by atoms with Crippen LogP contribution in [0, 0.1) is 11.8 Å². The minimum absolute atomic E-state index is 0.148. The summed E-state index contributed by atoms with van der Waals surface area (Å²) in [7, 11) is 0.